The molecule has 0 bridgehead atoms. The van der Waals surface area contributed by atoms with Crippen molar-refractivity contribution < 1.29 is 4.79 Å². The number of likely N-dealkylation sites (N-methyl/N-ethyl adjacent to an activating group) is 1. The number of fused-ring (bicyclic) bond motifs is 1. The summed E-state index contributed by atoms with van der Waals surface area (Å²) in [6.45, 7) is 0. The van der Waals surface area contributed by atoms with Gasteiger partial charge in [0.1, 0.15) is 0 Å². The molecule has 0 aliphatic heterocycles. The molecule has 0 radical (unpaired) electrons. The van der Waals surface area contributed by atoms with Crippen LogP contribution < -0.4 is 5.32 Å². The molecule has 0 spiro atoms. The van der Waals surface area contributed by atoms with Gasteiger partial charge in [0.15, 0.2) is 0 Å². The maximum atomic E-state index is 11.2. The molecule has 1 amide bonds. The second kappa shape index (κ2) is 4.07. The molecule has 1 aliphatic carbocycles. The number of benzene rings is 1. The smallest absolute Gasteiger partial charge is 0.244 e. The highest BCUT2D eigenvalue weighted by molar-refractivity contribution is 6.30. The van der Waals surface area contributed by atoms with E-state index >= 15 is 0 Å². The lowest BCUT2D eigenvalue weighted by atomic mass is 10.1. The summed E-state index contributed by atoms with van der Waals surface area (Å²) in [5, 5.41) is 3.35. The molecule has 78 valence electrons. The van der Waals surface area contributed by atoms with Crippen LogP contribution in [0.25, 0.3) is 5.57 Å². The molecule has 0 aromatic heterocycles. The molecule has 1 aromatic carbocycles. The van der Waals surface area contributed by atoms with Gasteiger partial charge in [0.05, 0.1) is 0 Å². The predicted octanol–water partition coefficient (Wildman–Crippen LogP) is 2.42. The third-order valence-corrected chi connectivity index (χ3v) is 2.86. The number of hydrogen-bond acceptors (Lipinski definition) is 1. The van der Waals surface area contributed by atoms with E-state index in [1.165, 1.54) is 5.56 Å². The van der Waals surface area contributed by atoms with Gasteiger partial charge in [0.25, 0.3) is 0 Å². The Bertz CT molecular complexity index is 437. The predicted molar refractivity (Wildman–Crippen MR) is 61.8 cm³/mol. The van der Waals surface area contributed by atoms with E-state index in [1.807, 2.05) is 18.2 Å². The fourth-order valence-electron chi connectivity index (χ4n) is 1.87. The van der Waals surface area contributed by atoms with E-state index in [0.29, 0.717) is 0 Å². The molecule has 0 atom stereocenters. The second-order valence-electron chi connectivity index (χ2n) is 3.59. The highest BCUT2D eigenvalue weighted by Gasteiger charge is 2.16. The quantitative estimate of drug-likeness (QED) is 0.725. The van der Waals surface area contributed by atoms with Crippen molar-refractivity contribution >= 4 is 23.1 Å². The molecule has 2 rings (SSSR count). The molecule has 0 heterocycles. The van der Waals surface area contributed by atoms with E-state index in [9.17, 15) is 4.79 Å². The van der Waals surface area contributed by atoms with Gasteiger partial charge in [0, 0.05) is 18.1 Å². The van der Waals surface area contributed by atoms with Crippen LogP contribution in [0.1, 0.15) is 17.5 Å². The van der Waals surface area contributed by atoms with E-state index in [2.05, 4.69) is 5.32 Å². The summed E-state index contributed by atoms with van der Waals surface area (Å²) in [5.74, 6) is -0.0483. The van der Waals surface area contributed by atoms with Crippen molar-refractivity contribution in [1.29, 1.82) is 0 Å². The summed E-state index contributed by atoms with van der Waals surface area (Å²) >= 11 is 5.91. The number of carbonyl (C=O) groups is 1. The van der Waals surface area contributed by atoms with Crippen LogP contribution >= 0.6 is 11.6 Å². The number of amides is 1. The number of allylic oxidation sites excluding steroid dienone is 1. The number of rotatable bonds is 1. The summed E-state index contributed by atoms with van der Waals surface area (Å²) in [6, 6.07) is 5.82. The van der Waals surface area contributed by atoms with Crippen LogP contribution in [-0.2, 0) is 11.2 Å². The average molecular weight is 222 g/mol. The van der Waals surface area contributed by atoms with E-state index in [4.69, 9.17) is 11.6 Å². The number of aryl methyl sites for hydroxylation is 1. The lowest BCUT2D eigenvalue weighted by Gasteiger charge is -2.01. The molecule has 0 saturated heterocycles. The van der Waals surface area contributed by atoms with Crippen LogP contribution in [0, 0.1) is 0 Å². The van der Waals surface area contributed by atoms with Crippen LogP contribution in [0.5, 0.6) is 0 Å². The molecule has 1 aromatic rings. The Morgan fingerprint density at radius 1 is 1.47 bits per heavy atom. The number of hydrogen-bond donors (Lipinski definition) is 1. The maximum absolute atomic E-state index is 11.2. The van der Waals surface area contributed by atoms with Crippen molar-refractivity contribution in [2.45, 2.75) is 12.8 Å². The molecule has 15 heavy (non-hydrogen) atoms. The Morgan fingerprint density at radius 3 is 3.00 bits per heavy atom. The third-order valence-electron chi connectivity index (χ3n) is 2.63. The van der Waals surface area contributed by atoms with Gasteiger partial charge in [-0.2, -0.15) is 0 Å². The van der Waals surface area contributed by atoms with E-state index < -0.39 is 0 Å². The zero-order valence-corrected chi connectivity index (χ0v) is 9.27. The molecule has 3 heteroatoms. The van der Waals surface area contributed by atoms with E-state index in [0.717, 1.165) is 29.0 Å². The minimum absolute atomic E-state index is 0.0483. The van der Waals surface area contributed by atoms with Crippen molar-refractivity contribution in [2.24, 2.45) is 0 Å². The van der Waals surface area contributed by atoms with Gasteiger partial charge in [-0.15, -0.1) is 0 Å². The lowest BCUT2D eigenvalue weighted by molar-refractivity contribution is -0.116. The SMILES string of the molecule is CNC(=O)/C=C1/CCc2cc(Cl)ccc21. The largest absolute Gasteiger partial charge is 0.356 e. The zero-order valence-electron chi connectivity index (χ0n) is 8.51. The molecular formula is C12H12ClNO. The Morgan fingerprint density at radius 2 is 2.27 bits per heavy atom. The van der Waals surface area contributed by atoms with Crippen LogP contribution in [0.2, 0.25) is 5.02 Å². The van der Waals surface area contributed by atoms with Crippen LogP contribution in [-0.4, -0.2) is 13.0 Å². The Kier molecular flexibility index (Phi) is 2.78. The average Bonchev–Trinajstić information content (AvgIpc) is 2.60. The Labute approximate surface area is 93.9 Å². The Balaban J connectivity index is 2.37. The molecule has 2 nitrogen and oxygen atoms in total. The number of nitrogens with one attached hydrogen (secondary N) is 1. The summed E-state index contributed by atoms with van der Waals surface area (Å²) in [7, 11) is 1.64. The first-order chi connectivity index (χ1) is 7.20. The van der Waals surface area contributed by atoms with Crippen molar-refractivity contribution in [1.82, 2.24) is 5.32 Å². The fraction of sp³-hybridized carbons (Fsp3) is 0.250. The monoisotopic (exact) mass is 221 g/mol. The van der Waals surface area contributed by atoms with Crippen LogP contribution in [0.15, 0.2) is 24.3 Å². The van der Waals surface area contributed by atoms with E-state index in [-0.39, 0.29) is 5.91 Å². The van der Waals surface area contributed by atoms with Crippen LogP contribution in [0.4, 0.5) is 0 Å². The number of halogens is 1. The second-order valence-corrected chi connectivity index (χ2v) is 4.02. The normalized spacial score (nSPS) is 16.5. The number of carbonyl (C=O) groups excluding carboxylic acids is 1. The molecule has 0 unspecified atom stereocenters. The minimum atomic E-state index is -0.0483. The highest BCUT2D eigenvalue weighted by Crippen LogP contribution is 2.33. The molecular weight excluding hydrogens is 210 g/mol. The van der Waals surface area contributed by atoms with Crippen molar-refractivity contribution in [3.8, 4) is 0 Å². The summed E-state index contributed by atoms with van der Waals surface area (Å²) in [4.78, 5) is 11.2. The maximum Gasteiger partial charge on any atom is 0.244 e. The van der Waals surface area contributed by atoms with Crippen molar-refractivity contribution in [3.63, 3.8) is 0 Å². The summed E-state index contributed by atoms with van der Waals surface area (Å²) in [5.41, 5.74) is 3.49. The molecule has 1 N–H and O–H groups in total. The molecule has 1 aliphatic rings. The first-order valence-corrected chi connectivity index (χ1v) is 5.29. The van der Waals surface area contributed by atoms with Gasteiger partial charge in [-0.3, -0.25) is 4.79 Å². The molecule has 0 saturated carbocycles. The van der Waals surface area contributed by atoms with Gasteiger partial charge >= 0.3 is 0 Å². The van der Waals surface area contributed by atoms with Gasteiger partial charge < -0.3 is 5.32 Å². The van der Waals surface area contributed by atoms with Crippen LogP contribution in [0.3, 0.4) is 0 Å². The highest BCUT2D eigenvalue weighted by atomic mass is 35.5. The fourth-order valence-corrected chi connectivity index (χ4v) is 2.06. The molecule has 0 fully saturated rings. The van der Waals surface area contributed by atoms with E-state index in [1.54, 1.807) is 13.1 Å². The van der Waals surface area contributed by atoms with Gasteiger partial charge in [-0.05, 0) is 41.7 Å². The van der Waals surface area contributed by atoms with Crippen molar-refractivity contribution in [2.75, 3.05) is 7.05 Å². The third kappa shape index (κ3) is 2.05. The van der Waals surface area contributed by atoms with Crippen molar-refractivity contribution in [3.05, 3.63) is 40.4 Å². The first kappa shape index (κ1) is 10.2. The standard InChI is InChI=1S/C12H12ClNO/c1-14-12(15)7-9-3-2-8-6-10(13)4-5-11(8)9/h4-7H,2-3H2,1H3,(H,14,15)/b9-7-. The topological polar surface area (TPSA) is 29.1 Å². The van der Waals surface area contributed by atoms with Gasteiger partial charge in [-0.1, -0.05) is 17.7 Å². The summed E-state index contributed by atoms with van der Waals surface area (Å²) < 4.78 is 0. The minimum Gasteiger partial charge on any atom is -0.356 e. The lowest BCUT2D eigenvalue weighted by Crippen LogP contribution is -2.14. The first-order valence-electron chi connectivity index (χ1n) is 4.92. The Hall–Kier alpha value is -1.28. The van der Waals surface area contributed by atoms with Gasteiger partial charge in [-0.25, -0.2) is 0 Å². The summed E-state index contributed by atoms with van der Waals surface area (Å²) in [6.07, 6.45) is 3.56. The zero-order chi connectivity index (χ0) is 10.8. The van der Waals surface area contributed by atoms with Gasteiger partial charge in [0.2, 0.25) is 5.91 Å².